The molecule has 0 saturated carbocycles. The molecule has 0 aromatic rings. The lowest BCUT2D eigenvalue weighted by Gasteiger charge is -2.31. The maximum Gasteiger partial charge on any atom is 0.131 e. The summed E-state index contributed by atoms with van der Waals surface area (Å²) in [5.41, 5.74) is 0. The minimum atomic E-state index is -1.54. The van der Waals surface area contributed by atoms with Gasteiger partial charge in [-0.25, -0.2) is 0 Å². The van der Waals surface area contributed by atoms with Crippen LogP contribution in [0.5, 0.6) is 0 Å². The van der Waals surface area contributed by atoms with Gasteiger partial charge in [-0.15, -0.1) is 0 Å². The van der Waals surface area contributed by atoms with Gasteiger partial charge in [0, 0.05) is 0 Å². The zero-order valence-electron chi connectivity index (χ0n) is 9.41. The minimum absolute atomic E-state index is 0.233. The summed E-state index contributed by atoms with van der Waals surface area (Å²) in [7, 11) is 5.47. The predicted molar refractivity (Wildman–Crippen MR) is 54.0 cm³/mol. The van der Waals surface area contributed by atoms with Crippen LogP contribution in [-0.4, -0.2) is 88.7 Å². The number of likely N-dealkylation sites (N-methyl/N-ethyl adjacent to an activating group) is 1. The van der Waals surface area contributed by atoms with Gasteiger partial charge in [0.25, 0.3) is 0 Å². The third-order valence-corrected chi connectivity index (χ3v) is 2.06. The van der Waals surface area contributed by atoms with Crippen molar-refractivity contribution in [2.24, 2.45) is 0 Å². The molecule has 0 aromatic heterocycles. The number of aliphatic hydroxyl groups is 5. The topological polar surface area (TPSA) is 101 Å². The molecule has 0 rings (SSSR count). The highest BCUT2D eigenvalue weighted by Gasteiger charge is 2.32. The van der Waals surface area contributed by atoms with E-state index in [-0.39, 0.29) is 6.54 Å². The summed E-state index contributed by atoms with van der Waals surface area (Å²) >= 11 is 0. The standard InChI is InChI=1S/C9H22NO5/c1-10(2,3)4-6(12)8(14)9(15)7(13)5-11/h6-9,11-15H,4-5H2,1-3H3/q+1/t6-,7+,8+,9+/m0/s1. The van der Waals surface area contributed by atoms with Crippen molar-refractivity contribution < 1.29 is 30.0 Å². The first-order chi connectivity index (χ1) is 6.69. The largest absolute Gasteiger partial charge is 0.394 e. The zero-order valence-corrected chi connectivity index (χ0v) is 9.41. The van der Waals surface area contributed by atoms with Crippen molar-refractivity contribution in [2.75, 3.05) is 34.3 Å². The molecule has 0 fully saturated rings. The molecule has 0 aliphatic carbocycles. The smallest absolute Gasteiger partial charge is 0.131 e. The van der Waals surface area contributed by atoms with Crippen LogP contribution in [0.3, 0.4) is 0 Å². The van der Waals surface area contributed by atoms with E-state index in [9.17, 15) is 15.3 Å². The fraction of sp³-hybridized carbons (Fsp3) is 1.00. The summed E-state index contributed by atoms with van der Waals surface area (Å²) in [6.07, 6.45) is -5.61. The lowest BCUT2D eigenvalue weighted by molar-refractivity contribution is -0.874. The number of rotatable bonds is 6. The Balaban J connectivity index is 4.25. The van der Waals surface area contributed by atoms with Crippen molar-refractivity contribution in [1.82, 2.24) is 0 Å². The fourth-order valence-corrected chi connectivity index (χ4v) is 1.23. The van der Waals surface area contributed by atoms with Crippen LogP contribution in [0.1, 0.15) is 0 Å². The zero-order chi connectivity index (χ0) is 12.2. The van der Waals surface area contributed by atoms with Gasteiger partial charge in [-0.05, 0) is 0 Å². The van der Waals surface area contributed by atoms with Gasteiger partial charge in [0.05, 0.1) is 27.7 Å². The van der Waals surface area contributed by atoms with E-state index in [0.29, 0.717) is 4.48 Å². The van der Waals surface area contributed by atoms with Crippen LogP contribution in [0.4, 0.5) is 0 Å². The fourth-order valence-electron chi connectivity index (χ4n) is 1.23. The van der Waals surface area contributed by atoms with Gasteiger partial charge in [-0.1, -0.05) is 0 Å². The van der Waals surface area contributed by atoms with Crippen LogP contribution in [0.25, 0.3) is 0 Å². The molecule has 0 heterocycles. The lowest BCUT2D eigenvalue weighted by Crippen LogP contribution is -2.52. The quantitative estimate of drug-likeness (QED) is 0.312. The van der Waals surface area contributed by atoms with E-state index in [1.807, 2.05) is 21.1 Å². The maximum absolute atomic E-state index is 9.55. The Labute approximate surface area is 89.6 Å². The molecule has 15 heavy (non-hydrogen) atoms. The molecule has 0 aliphatic rings. The van der Waals surface area contributed by atoms with Crippen LogP contribution in [0, 0.1) is 0 Å². The first-order valence-electron chi connectivity index (χ1n) is 4.82. The highest BCUT2D eigenvalue weighted by molar-refractivity contribution is 4.80. The summed E-state index contributed by atoms with van der Waals surface area (Å²) in [6.45, 7) is -0.425. The van der Waals surface area contributed by atoms with E-state index in [1.165, 1.54) is 0 Å². The van der Waals surface area contributed by atoms with Gasteiger partial charge < -0.3 is 30.0 Å². The molecule has 0 unspecified atom stereocenters. The van der Waals surface area contributed by atoms with Gasteiger partial charge in [0.2, 0.25) is 0 Å². The van der Waals surface area contributed by atoms with Crippen molar-refractivity contribution in [2.45, 2.75) is 24.4 Å². The van der Waals surface area contributed by atoms with E-state index in [4.69, 9.17) is 10.2 Å². The Morgan fingerprint density at radius 1 is 0.867 bits per heavy atom. The summed E-state index contributed by atoms with van der Waals surface area (Å²) < 4.78 is 0.417. The monoisotopic (exact) mass is 224 g/mol. The van der Waals surface area contributed by atoms with Gasteiger partial charge in [-0.2, -0.15) is 0 Å². The second-order valence-electron chi connectivity index (χ2n) is 4.77. The normalized spacial score (nSPS) is 20.8. The van der Waals surface area contributed by atoms with Crippen LogP contribution in [0.2, 0.25) is 0 Å². The number of nitrogens with zero attached hydrogens (tertiary/aromatic N) is 1. The van der Waals surface area contributed by atoms with Crippen molar-refractivity contribution in [1.29, 1.82) is 0 Å². The average Bonchev–Trinajstić information content (AvgIpc) is 2.11. The van der Waals surface area contributed by atoms with Crippen molar-refractivity contribution in [3.05, 3.63) is 0 Å². The third-order valence-electron chi connectivity index (χ3n) is 2.06. The molecular formula is C9H22NO5+. The summed E-state index contributed by atoms with van der Waals surface area (Å²) in [5, 5.41) is 46.0. The van der Waals surface area contributed by atoms with E-state index >= 15 is 0 Å². The highest BCUT2D eigenvalue weighted by atomic mass is 16.4. The Kier molecular flexibility index (Phi) is 5.65. The molecule has 92 valence electrons. The number of hydrogen-bond acceptors (Lipinski definition) is 5. The molecule has 0 saturated heterocycles. The van der Waals surface area contributed by atoms with Crippen molar-refractivity contribution in [3.8, 4) is 0 Å². The van der Waals surface area contributed by atoms with Gasteiger partial charge in [-0.3, -0.25) is 0 Å². The molecule has 0 aromatic carbocycles. The van der Waals surface area contributed by atoms with E-state index < -0.39 is 31.0 Å². The maximum atomic E-state index is 9.55. The molecule has 6 heteroatoms. The summed E-state index contributed by atoms with van der Waals surface area (Å²) in [4.78, 5) is 0. The Morgan fingerprint density at radius 3 is 1.60 bits per heavy atom. The Bertz CT molecular complexity index is 182. The number of hydrogen-bond donors (Lipinski definition) is 5. The Morgan fingerprint density at radius 2 is 1.27 bits per heavy atom. The van der Waals surface area contributed by atoms with Gasteiger partial charge in [0.15, 0.2) is 0 Å². The van der Waals surface area contributed by atoms with E-state index in [2.05, 4.69) is 0 Å². The predicted octanol–water partition coefficient (Wildman–Crippen LogP) is -2.87. The van der Waals surface area contributed by atoms with Crippen LogP contribution in [-0.2, 0) is 0 Å². The van der Waals surface area contributed by atoms with Crippen molar-refractivity contribution >= 4 is 0 Å². The molecule has 0 amide bonds. The van der Waals surface area contributed by atoms with E-state index in [1.54, 1.807) is 0 Å². The molecule has 0 aliphatic heterocycles. The molecule has 5 N–H and O–H groups in total. The third kappa shape index (κ3) is 5.41. The molecule has 0 bridgehead atoms. The second-order valence-corrected chi connectivity index (χ2v) is 4.77. The summed E-state index contributed by atoms with van der Waals surface area (Å²) in [5.74, 6) is 0. The molecular weight excluding hydrogens is 202 g/mol. The van der Waals surface area contributed by atoms with Crippen LogP contribution < -0.4 is 0 Å². The number of aliphatic hydroxyl groups excluding tert-OH is 5. The lowest BCUT2D eigenvalue weighted by atomic mass is 10.0. The van der Waals surface area contributed by atoms with E-state index in [0.717, 1.165) is 0 Å². The van der Waals surface area contributed by atoms with Crippen LogP contribution in [0.15, 0.2) is 0 Å². The van der Waals surface area contributed by atoms with Gasteiger partial charge in [0.1, 0.15) is 31.0 Å². The molecule has 6 nitrogen and oxygen atoms in total. The van der Waals surface area contributed by atoms with Gasteiger partial charge >= 0.3 is 0 Å². The second kappa shape index (κ2) is 5.74. The first-order valence-corrected chi connectivity index (χ1v) is 4.82. The van der Waals surface area contributed by atoms with Crippen LogP contribution >= 0.6 is 0 Å². The highest BCUT2D eigenvalue weighted by Crippen LogP contribution is 2.07. The van der Waals surface area contributed by atoms with Crippen molar-refractivity contribution in [3.63, 3.8) is 0 Å². The number of quaternary nitrogens is 1. The SMILES string of the molecule is C[N+](C)(C)C[C@H](O)[C@@H](O)[C@H](O)[C@H](O)CO. The first kappa shape index (κ1) is 14.8. The minimum Gasteiger partial charge on any atom is -0.394 e. The average molecular weight is 224 g/mol. The Hall–Kier alpha value is -0.240. The molecule has 0 radical (unpaired) electrons. The molecule has 4 atom stereocenters. The summed E-state index contributed by atoms with van der Waals surface area (Å²) in [6, 6.07) is 0. The molecule has 0 spiro atoms.